The summed E-state index contributed by atoms with van der Waals surface area (Å²) in [4.78, 5) is 0. The van der Waals surface area contributed by atoms with Gasteiger partial charge in [0.25, 0.3) is 0 Å². The fourth-order valence-electron chi connectivity index (χ4n) is 0.659. The van der Waals surface area contributed by atoms with Gasteiger partial charge in [-0.25, -0.2) is 0 Å². The third-order valence-electron chi connectivity index (χ3n) is 1.17. The molecular formula is C5H10N2. The Hall–Kier alpha value is -0.400. The summed E-state index contributed by atoms with van der Waals surface area (Å²) in [6, 6.07) is 0. The van der Waals surface area contributed by atoms with Crippen LogP contribution in [-0.4, -0.2) is 5.66 Å². The lowest BCUT2D eigenvalue weighted by Crippen LogP contribution is -2.00. The van der Waals surface area contributed by atoms with Crippen molar-refractivity contribution >= 4 is 0 Å². The summed E-state index contributed by atoms with van der Waals surface area (Å²) >= 11 is 0. The van der Waals surface area contributed by atoms with Crippen molar-refractivity contribution in [1.82, 2.24) is 0 Å². The molecule has 0 aliphatic carbocycles. The lowest BCUT2D eigenvalue weighted by atomic mass is 10.1. The predicted octanol–water partition coefficient (Wildman–Crippen LogP) is 1.97. The Morgan fingerprint density at radius 3 is 2.14 bits per heavy atom. The van der Waals surface area contributed by atoms with Crippen LogP contribution in [0.3, 0.4) is 0 Å². The maximum Gasteiger partial charge on any atom is 0.188 e. The molecule has 0 spiro atoms. The van der Waals surface area contributed by atoms with Crippen LogP contribution in [-0.2, 0) is 0 Å². The van der Waals surface area contributed by atoms with Gasteiger partial charge >= 0.3 is 0 Å². The van der Waals surface area contributed by atoms with E-state index >= 15 is 0 Å². The van der Waals surface area contributed by atoms with Gasteiger partial charge < -0.3 is 0 Å². The molecule has 0 aromatic rings. The minimum Gasteiger partial charge on any atom is -0.159 e. The van der Waals surface area contributed by atoms with E-state index in [1.54, 1.807) is 0 Å². The summed E-state index contributed by atoms with van der Waals surface area (Å²) in [5, 5.41) is 7.70. The third-order valence-corrected chi connectivity index (χ3v) is 1.17. The van der Waals surface area contributed by atoms with Gasteiger partial charge in [0.05, 0.1) is 0 Å². The highest BCUT2D eigenvalue weighted by atomic mass is 15.4. The molecule has 0 N–H and O–H groups in total. The van der Waals surface area contributed by atoms with Crippen LogP contribution in [0.2, 0.25) is 0 Å². The zero-order valence-electron chi connectivity index (χ0n) is 4.81. The predicted molar refractivity (Wildman–Crippen MR) is 28.2 cm³/mol. The molecule has 0 unspecified atom stereocenters. The fourth-order valence-corrected chi connectivity index (χ4v) is 0.659. The van der Waals surface area contributed by atoms with Crippen molar-refractivity contribution in [2.24, 2.45) is 10.2 Å². The smallest absolute Gasteiger partial charge is 0.159 e. The molecule has 0 atom stereocenters. The van der Waals surface area contributed by atoms with Crippen molar-refractivity contribution in [2.45, 2.75) is 32.4 Å². The van der Waals surface area contributed by atoms with Gasteiger partial charge in [0, 0.05) is 0 Å². The number of hydrogen-bond acceptors (Lipinski definition) is 2. The van der Waals surface area contributed by atoms with E-state index in [0.29, 0.717) is 0 Å². The summed E-state index contributed by atoms with van der Waals surface area (Å²) in [5.74, 6) is 0. The Bertz CT molecular complexity index is 90.3. The van der Waals surface area contributed by atoms with E-state index in [4.69, 9.17) is 0 Å². The molecule has 7 heavy (non-hydrogen) atoms. The van der Waals surface area contributed by atoms with Crippen LogP contribution in [0.4, 0.5) is 0 Å². The molecule has 0 saturated carbocycles. The van der Waals surface area contributed by atoms with Crippen LogP contribution < -0.4 is 0 Å². The van der Waals surface area contributed by atoms with Gasteiger partial charge in [0.1, 0.15) is 0 Å². The van der Waals surface area contributed by atoms with Crippen LogP contribution in [0, 0.1) is 0 Å². The summed E-state index contributed by atoms with van der Waals surface area (Å²) in [5.41, 5.74) is 0.0503. The van der Waals surface area contributed by atoms with Crippen molar-refractivity contribution in [3.05, 3.63) is 0 Å². The Kier molecular flexibility index (Phi) is 0.873. The number of hydrogen-bond donors (Lipinski definition) is 0. The first kappa shape index (κ1) is 4.75. The average Bonchev–Trinajstić information content (AvgIpc) is 2.22. The minimum absolute atomic E-state index is 0.0503. The standard InChI is InChI=1S/C5H10N2/c1-3-4-5(2)6-7-5/h3-4H2,1-2H3. The summed E-state index contributed by atoms with van der Waals surface area (Å²) in [7, 11) is 0. The van der Waals surface area contributed by atoms with Crippen molar-refractivity contribution in [3.8, 4) is 0 Å². The third kappa shape index (κ3) is 0.981. The highest BCUT2D eigenvalue weighted by molar-refractivity contribution is 4.86. The first-order valence-corrected chi connectivity index (χ1v) is 2.71. The lowest BCUT2D eigenvalue weighted by Gasteiger charge is -1.95. The Morgan fingerprint density at radius 1 is 1.43 bits per heavy atom. The second-order valence-electron chi connectivity index (χ2n) is 2.17. The van der Waals surface area contributed by atoms with Gasteiger partial charge in [-0.1, -0.05) is 13.3 Å². The fraction of sp³-hybridized carbons (Fsp3) is 1.00. The molecule has 2 heteroatoms. The zero-order chi connectivity index (χ0) is 5.33. The lowest BCUT2D eigenvalue weighted by molar-refractivity contribution is 0.589. The topological polar surface area (TPSA) is 24.7 Å². The normalized spacial score (nSPS) is 22.6. The molecule has 40 valence electrons. The molecule has 1 rings (SSSR count). The van der Waals surface area contributed by atoms with Crippen LogP contribution >= 0.6 is 0 Å². The van der Waals surface area contributed by atoms with E-state index in [-0.39, 0.29) is 5.66 Å². The Labute approximate surface area is 43.6 Å². The largest absolute Gasteiger partial charge is 0.188 e. The minimum atomic E-state index is 0.0503. The Balaban J connectivity index is 2.16. The van der Waals surface area contributed by atoms with E-state index in [1.807, 2.05) is 0 Å². The monoisotopic (exact) mass is 98.1 g/mol. The van der Waals surface area contributed by atoms with Gasteiger partial charge in [0.2, 0.25) is 0 Å². The van der Waals surface area contributed by atoms with E-state index < -0.39 is 0 Å². The highest BCUT2D eigenvalue weighted by Gasteiger charge is 2.31. The molecule has 0 aromatic carbocycles. The van der Waals surface area contributed by atoms with Crippen LogP contribution in [0.15, 0.2) is 10.2 Å². The van der Waals surface area contributed by atoms with Crippen molar-refractivity contribution in [1.29, 1.82) is 0 Å². The van der Waals surface area contributed by atoms with E-state index in [0.717, 1.165) is 6.42 Å². The van der Waals surface area contributed by atoms with Gasteiger partial charge in [0.15, 0.2) is 5.66 Å². The molecule has 1 aliphatic rings. The van der Waals surface area contributed by atoms with Gasteiger partial charge in [-0.15, -0.1) is 0 Å². The maximum atomic E-state index is 3.85. The van der Waals surface area contributed by atoms with Crippen molar-refractivity contribution < 1.29 is 0 Å². The van der Waals surface area contributed by atoms with Crippen LogP contribution in [0.25, 0.3) is 0 Å². The second-order valence-corrected chi connectivity index (χ2v) is 2.17. The summed E-state index contributed by atoms with van der Waals surface area (Å²) in [6.45, 7) is 4.20. The van der Waals surface area contributed by atoms with E-state index in [1.165, 1.54) is 6.42 Å². The van der Waals surface area contributed by atoms with Crippen LogP contribution in [0.1, 0.15) is 26.7 Å². The van der Waals surface area contributed by atoms with Crippen molar-refractivity contribution in [3.63, 3.8) is 0 Å². The molecule has 0 fully saturated rings. The summed E-state index contributed by atoms with van der Waals surface area (Å²) in [6.07, 6.45) is 2.30. The highest BCUT2D eigenvalue weighted by Crippen LogP contribution is 2.31. The van der Waals surface area contributed by atoms with Gasteiger partial charge in [-0.05, 0) is 13.3 Å². The zero-order valence-corrected chi connectivity index (χ0v) is 4.81. The Morgan fingerprint density at radius 2 is 2.00 bits per heavy atom. The average molecular weight is 98.1 g/mol. The first-order chi connectivity index (χ1) is 3.27. The van der Waals surface area contributed by atoms with Crippen molar-refractivity contribution in [2.75, 3.05) is 0 Å². The van der Waals surface area contributed by atoms with Gasteiger partial charge in [-0.3, -0.25) is 0 Å². The maximum absolute atomic E-state index is 3.85. The SMILES string of the molecule is CCCC1(C)N=N1. The molecule has 2 nitrogen and oxygen atoms in total. The van der Waals surface area contributed by atoms with Gasteiger partial charge in [-0.2, -0.15) is 10.2 Å². The molecule has 0 bridgehead atoms. The van der Waals surface area contributed by atoms with Crippen LogP contribution in [0.5, 0.6) is 0 Å². The quantitative estimate of drug-likeness (QED) is 0.504. The first-order valence-electron chi connectivity index (χ1n) is 2.71. The van der Waals surface area contributed by atoms with E-state index in [2.05, 4.69) is 24.1 Å². The molecule has 1 heterocycles. The summed E-state index contributed by atoms with van der Waals surface area (Å²) < 4.78 is 0. The second kappa shape index (κ2) is 1.29. The molecule has 0 saturated heterocycles. The molecule has 0 radical (unpaired) electrons. The number of rotatable bonds is 2. The molecule has 0 amide bonds. The van der Waals surface area contributed by atoms with E-state index in [9.17, 15) is 0 Å². The number of nitrogens with zero attached hydrogens (tertiary/aromatic N) is 2. The molecular weight excluding hydrogens is 88.1 g/mol. The molecule has 1 aliphatic heterocycles. The molecule has 0 aromatic heterocycles.